The molecular formula is C35H32BrN3O4. The van der Waals surface area contributed by atoms with Crippen LogP contribution in [0, 0.1) is 23.0 Å². The van der Waals surface area contributed by atoms with E-state index in [1.807, 2.05) is 25.3 Å². The standard InChI is InChI=1S/C35H32BrN3O4/c1-3-42-33-19-24(18-31(36)35(33)43-21-23-8-14-27(15-9-23)39(40)41)20-37-26-12-10-25(11-13-26)34-29-6-4-5-28(29)30-17-22(2)7-16-32(30)38-34/h4-5,7-20,28-29,34,38H,3,6,21H2,1-2H3/t28-,29+,34+/m1/s1. The topological polar surface area (TPSA) is 86.0 Å². The maximum atomic E-state index is 10.9. The van der Waals surface area contributed by atoms with Crippen molar-refractivity contribution in [3.63, 3.8) is 0 Å². The molecule has 4 aromatic rings. The van der Waals surface area contributed by atoms with Gasteiger partial charge in [0.05, 0.1) is 27.7 Å². The summed E-state index contributed by atoms with van der Waals surface area (Å²) in [6, 6.07) is 25.6. The second-order valence-corrected chi connectivity index (χ2v) is 11.7. The highest BCUT2D eigenvalue weighted by Gasteiger charge is 2.37. The number of nitrogens with one attached hydrogen (secondary N) is 1. The quantitative estimate of drug-likeness (QED) is 0.0855. The number of allylic oxidation sites excluding steroid dienone is 2. The lowest BCUT2D eigenvalue weighted by Gasteiger charge is -2.37. The minimum absolute atomic E-state index is 0.0458. The predicted molar refractivity (Wildman–Crippen MR) is 174 cm³/mol. The van der Waals surface area contributed by atoms with Crippen LogP contribution in [0.15, 0.2) is 100 Å². The van der Waals surface area contributed by atoms with Crippen molar-refractivity contribution in [3.8, 4) is 11.5 Å². The summed E-state index contributed by atoms with van der Waals surface area (Å²) in [5, 5.41) is 14.7. The van der Waals surface area contributed by atoms with Crippen molar-refractivity contribution in [2.75, 3.05) is 11.9 Å². The number of aryl methyl sites for hydroxylation is 1. The SMILES string of the molecule is CCOc1cc(C=Nc2ccc([C@@H]3Nc4ccc(C)cc4[C@@H]4C=CC[C@@H]43)cc2)cc(Br)c1OCc1ccc([N+](=O)[O-])cc1. The molecule has 0 amide bonds. The number of aliphatic imine (C=N–C) groups is 1. The molecule has 1 heterocycles. The van der Waals surface area contributed by atoms with Crippen molar-refractivity contribution in [2.24, 2.45) is 10.9 Å². The Balaban J connectivity index is 1.16. The summed E-state index contributed by atoms with van der Waals surface area (Å²) >= 11 is 3.62. The Hall–Kier alpha value is -4.43. The van der Waals surface area contributed by atoms with E-state index in [1.54, 1.807) is 12.1 Å². The highest BCUT2D eigenvalue weighted by atomic mass is 79.9. The molecule has 6 rings (SSSR count). The highest BCUT2D eigenvalue weighted by Crippen LogP contribution is 2.50. The van der Waals surface area contributed by atoms with Gasteiger partial charge in [0.1, 0.15) is 6.61 Å². The summed E-state index contributed by atoms with van der Waals surface area (Å²) in [7, 11) is 0. The third-order valence-electron chi connectivity index (χ3n) is 8.00. The molecule has 1 N–H and O–H groups in total. The summed E-state index contributed by atoms with van der Waals surface area (Å²) in [6.07, 6.45) is 7.58. The van der Waals surface area contributed by atoms with Crippen molar-refractivity contribution in [1.29, 1.82) is 0 Å². The van der Waals surface area contributed by atoms with Crippen molar-refractivity contribution >= 4 is 39.2 Å². The van der Waals surface area contributed by atoms with Crippen LogP contribution in [0.3, 0.4) is 0 Å². The normalized spacial score (nSPS) is 18.6. The van der Waals surface area contributed by atoms with Crippen molar-refractivity contribution < 1.29 is 14.4 Å². The second kappa shape index (κ2) is 12.4. The summed E-state index contributed by atoms with van der Waals surface area (Å²) in [5.41, 5.74) is 7.77. The molecule has 1 aliphatic heterocycles. The Bertz CT molecular complexity index is 1700. The monoisotopic (exact) mass is 637 g/mol. The first-order valence-electron chi connectivity index (χ1n) is 14.4. The molecule has 0 spiro atoms. The van der Waals surface area contributed by atoms with Crippen LogP contribution in [-0.4, -0.2) is 17.7 Å². The minimum atomic E-state index is -0.418. The first-order chi connectivity index (χ1) is 20.9. The van der Waals surface area contributed by atoms with Gasteiger partial charge in [-0.25, -0.2) is 0 Å². The Kier molecular flexibility index (Phi) is 8.29. The summed E-state index contributed by atoms with van der Waals surface area (Å²) in [5.74, 6) is 2.10. The number of nitro benzene ring substituents is 1. The predicted octanol–water partition coefficient (Wildman–Crippen LogP) is 9.22. The number of non-ortho nitro benzene ring substituents is 1. The van der Waals surface area contributed by atoms with Crippen LogP contribution >= 0.6 is 15.9 Å². The molecule has 0 aromatic heterocycles. The van der Waals surface area contributed by atoms with E-state index in [4.69, 9.17) is 14.5 Å². The van der Waals surface area contributed by atoms with Crippen molar-refractivity contribution in [1.82, 2.24) is 0 Å². The lowest BCUT2D eigenvalue weighted by Crippen LogP contribution is -2.29. The van der Waals surface area contributed by atoms with Gasteiger partial charge in [0.2, 0.25) is 0 Å². The molecule has 7 nitrogen and oxygen atoms in total. The van der Waals surface area contributed by atoms with Gasteiger partial charge in [0.15, 0.2) is 11.5 Å². The minimum Gasteiger partial charge on any atom is -0.490 e. The van der Waals surface area contributed by atoms with Gasteiger partial charge in [-0.2, -0.15) is 0 Å². The zero-order valence-corrected chi connectivity index (χ0v) is 25.6. The van der Waals surface area contributed by atoms with Gasteiger partial charge in [-0.3, -0.25) is 15.1 Å². The number of hydrogen-bond acceptors (Lipinski definition) is 6. The zero-order valence-electron chi connectivity index (χ0n) is 24.0. The fraction of sp³-hybridized carbons (Fsp3) is 0.229. The molecule has 8 heteroatoms. The Labute approximate surface area is 259 Å². The van der Waals surface area contributed by atoms with Gasteiger partial charge in [-0.1, -0.05) is 42.0 Å². The average molecular weight is 639 g/mol. The van der Waals surface area contributed by atoms with Gasteiger partial charge < -0.3 is 14.8 Å². The molecule has 0 unspecified atom stereocenters. The summed E-state index contributed by atoms with van der Waals surface area (Å²) in [4.78, 5) is 15.2. The smallest absolute Gasteiger partial charge is 0.269 e. The maximum absolute atomic E-state index is 10.9. The molecule has 0 bridgehead atoms. The van der Waals surface area contributed by atoms with E-state index in [-0.39, 0.29) is 18.3 Å². The molecule has 43 heavy (non-hydrogen) atoms. The van der Waals surface area contributed by atoms with Crippen LogP contribution in [0.5, 0.6) is 11.5 Å². The fourth-order valence-electron chi connectivity index (χ4n) is 5.90. The third kappa shape index (κ3) is 6.20. The Morgan fingerprint density at radius 2 is 1.84 bits per heavy atom. The van der Waals surface area contributed by atoms with E-state index >= 15 is 0 Å². The molecule has 0 radical (unpaired) electrons. The van der Waals surface area contributed by atoms with E-state index in [2.05, 4.69) is 82.8 Å². The van der Waals surface area contributed by atoms with Gasteiger partial charge in [0, 0.05) is 30.0 Å². The zero-order chi connectivity index (χ0) is 29.9. The molecule has 2 aliphatic rings. The van der Waals surface area contributed by atoms with Crippen molar-refractivity contribution in [3.05, 3.63) is 133 Å². The van der Waals surface area contributed by atoms with Gasteiger partial charge in [-0.15, -0.1) is 0 Å². The number of halogens is 1. The number of fused-ring (bicyclic) bond motifs is 3. The van der Waals surface area contributed by atoms with E-state index in [0.717, 1.165) is 27.7 Å². The van der Waals surface area contributed by atoms with Crippen LogP contribution in [-0.2, 0) is 6.61 Å². The second-order valence-electron chi connectivity index (χ2n) is 10.9. The lowest BCUT2D eigenvalue weighted by molar-refractivity contribution is -0.384. The molecule has 4 aromatic carbocycles. The highest BCUT2D eigenvalue weighted by molar-refractivity contribution is 9.10. The molecule has 0 saturated carbocycles. The summed E-state index contributed by atoms with van der Waals surface area (Å²) in [6.45, 7) is 4.79. The van der Waals surface area contributed by atoms with Crippen molar-refractivity contribution in [2.45, 2.75) is 38.8 Å². The fourth-order valence-corrected chi connectivity index (χ4v) is 6.47. The number of anilines is 1. The van der Waals surface area contributed by atoms with Crippen LogP contribution in [0.2, 0.25) is 0 Å². The maximum Gasteiger partial charge on any atom is 0.269 e. The number of ether oxygens (including phenoxy) is 2. The molecule has 0 saturated heterocycles. The van der Waals surface area contributed by atoms with Gasteiger partial charge in [-0.05, 0) is 107 Å². The molecule has 218 valence electrons. The van der Waals surface area contributed by atoms with E-state index < -0.39 is 4.92 Å². The number of benzene rings is 4. The third-order valence-corrected chi connectivity index (χ3v) is 8.58. The van der Waals surface area contributed by atoms with E-state index in [9.17, 15) is 10.1 Å². The number of nitro groups is 1. The largest absolute Gasteiger partial charge is 0.490 e. The van der Waals surface area contributed by atoms with Crippen LogP contribution < -0.4 is 14.8 Å². The molecule has 0 fully saturated rings. The Morgan fingerprint density at radius 1 is 1.05 bits per heavy atom. The van der Waals surface area contributed by atoms with Crippen LogP contribution in [0.1, 0.15) is 53.1 Å². The first kappa shape index (κ1) is 28.7. The van der Waals surface area contributed by atoms with Gasteiger partial charge in [0.25, 0.3) is 5.69 Å². The number of rotatable bonds is 9. The van der Waals surface area contributed by atoms with E-state index in [0.29, 0.717) is 29.9 Å². The molecular weight excluding hydrogens is 606 g/mol. The number of hydrogen-bond donors (Lipinski definition) is 1. The first-order valence-corrected chi connectivity index (χ1v) is 15.2. The lowest BCUT2D eigenvalue weighted by atomic mass is 9.76. The van der Waals surface area contributed by atoms with Crippen LogP contribution in [0.25, 0.3) is 0 Å². The average Bonchev–Trinajstić information content (AvgIpc) is 3.51. The van der Waals surface area contributed by atoms with Gasteiger partial charge >= 0.3 is 0 Å². The summed E-state index contributed by atoms with van der Waals surface area (Å²) < 4.78 is 12.7. The van der Waals surface area contributed by atoms with E-state index in [1.165, 1.54) is 34.5 Å². The molecule has 3 atom stereocenters. The molecule has 1 aliphatic carbocycles. The Morgan fingerprint density at radius 3 is 2.58 bits per heavy atom. The number of nitrogens with zero attached hydrogens (tertiary/aromatic N) is 2. The van der Waals surface area contributed by atoms with Crippen LogP contribution in [0.4, 0.5) is 17.1 Å².